The second-order valence-electron chi connectivity index (χ2n) is 7.98. The van der Waals surface area contributed by atoms with E-state index in [1.807, 2.05) is 67.7 Å². The van der Waals surface area contributed by atoms with Crippen molar-refractivity contribution in [2.45, 2.75) is 6.92 Å². The summed E-state index contributed by atoms with van der Waals surface area (Å²) in [6, 6.07) is 17.5. The molecule has 0 radical (unpaired) electrons. The van der Waals surface area contributed by atoms with Crippen LogP contribution in [0.5, 0.6) is 5.75 Å². The fourth-order valence-electron chi connectivity index (χ4n) is 4.18. The Labute approximate surface area is 198 Å². The maximum atomic E-state index is 13.2. The van der Waals surface area contributed by atoms with Crippen molar-refractivity contribution in [2.75, 3.05) is 47.9 Å². The molecule has 0 atom stereocenters. The molecule has 8 nitrogen and oxygen atoms in total. The first-order chi connectivity index (χ1) is 16.7. The number of ether oxygens (including phenoxy) is 1. The summed E-state index contributed by atoms with van der Waals surface area (Å²) in [6.07, 6.45) is 5.11. The van der Waals surface area contributed by atoms with Gasteiger partial charge in [0.05, 0.1) is 30.3 Å². The summed E-state index contributed by atoms with van der Waals surface area (Å²) in [5, 5.41) is 4.75. The molecular formula is C26H26N6O2. The monoisotopic (exact) mass is 454 g/mol. The fraction of sp³-hybridized carbons (Fsp3) is 0.231. The van der Waals surface area contributed by atoms with Gasteiger partial charge >= 0.3 is 0 Å². The van der Waals surface area contributed by atoms with E-state index in [1.54, 1.807) is 12.4 Å². The van der Waals surface area contributed by atoms with Crippen LogP contribution in [0.25, 0.3) is 10.8 Å². The standard InChI is InChI=1S/C26H26N6O2/c1-2-34-22-11-10-19-7-3-4-8-21(19)24(22)25(33)30-20-17-28-26(29-18-20)32-15-13-31(14-16-32)23-9-5-6-12-27-23/h3-12,17-18H,2,13-16H2,1H3,(H,30,33). The Morgan fingerprint density at radius 1 is 0.912 bits per heavy atom. The van der Waals surface area contributed by atoms with Crippen molar-refractivity contribution in [3.05, 3.63) is 78.8 Å². The molecule has 1 N–H and O–H groups in total. The summed E-state index contributed by atoms with van der Waals surface area (Å²) in [5.74, 6) is 1.95. The van der Waals surface area contributed by atoms with Crippen LogP contribution in [0, 0.1) is 0 Å². The van der Waals surface area contributed by atoms with E-state index in [1.165, 1.54) is 0 Å². The average molecular weight is 455 g/mol. The van der Waals surface area contributed by atoms with Crippen LogP contribution in [0.3, 0.4) is 0 Å². The van der Waals surface area contributed by atoms with Crippen LogP contribution < -0.4 is 19.9 Å². The zero-order valence-electron chi connectivity index (χ0n) is 19.0. The van der Waals surface area contributed by atoms with Gasteiger partial charge < -0.3 is 19.9 Å². The summed E-state index contributed by atoms with van der Waals surface area (Å²) >= 11 is 0. The predicted molar refractivity (Wildman–Crippen MR) is 134 cm³/mol. The second kappa shape index (κ2) is 9.74. The Balaban J connectivity index is 1.28. The molecule has 2 aromatic carbocycles. The number of carbonyl (C=O) groups excluding carboxylic acids is 1. The van der Waals surface area contributed by atoms with Crippen LogP contribution in [0.1, 0.15) is 17.3 Å². The number of aromatic nitrogens is 3. The molecule has 0 unspecified atom stereocenters. The van der Waals surface area contributed by atoms with Crippen molar-refractivity contribution in [1.29, 1.82) is 0 Å². The van der Waals surface area contributed by atoms with E-state index < -0.39 is 0 Å². The van der Waals surface area contributed by atoms with Gasteiger partial charge in [0.15, 0.2) is 0 Å². The molecule has 2 aromatic heterocycles. The van der Waals surface area contributed by atoms with Crippen molar-refractivity contribution >= 4 is 34.1 Å². The van der Waals surface area contributed by atoms with E-state index in [9.17, 15) is 4.79 Å². The van der Waals surface area contributed by atoms with Crippen molar-refractivity contribution < 1.29 is 9.53 Å². The normalized spacial score (nSPS) is 13.7. The van der Waals surface area contributed by atoms with Gasteiger partial charge in [0.1, 0.15) is 11.6 Å². The third kappa shape index (κ3) is 4.47. The molecule has 0 saturated carbocycles. The zero-order chi connectivity index (χ0) is 23.3. The summed E-state index contributed by atoms with van der Waals surface area (Å²) in [7, 11) is 0. The van der Waals surface area contributed by atoms with E-state index >= 15 is 0 Å². The van der Waals surface area contributed by atoms with Crippen molar-refractivity contribution in [3.8, 4) is 5.75 Å². The Morgan fingerprint density at radius 2 is 1.65 bits per heavy atom. The van der Waals surface area contributed by atoms with E-state index in [2.05, 4.69) is 30.1 Å². The average Bonchev–Trinajstić information content (AvgIpc) is 2.90. The molecule has 172 valence electrons. The summed E-state index contributed by atoms with van der Waals surface area (Å²) in [5.41, 5.74) is 1.05. The molecular weight excluding hydrogens is 428 g/mol. The molecule has 0 aliphatic carbocycles. The van der Waals surface area contributed by atoms with Crippen LogP contribution >= 0.6 is 0 Å². The third-order valence-corrected chi connectivity index (χ3v) is 5.85. The lowest BCUT2D eigenvalue weighted by molar-refractivity contribution is 0.102. The van der Waals surface area contributed by atoms with Gasteiger partial charge in [-0.15, -0.1) is 0 Å². The highest BCUT2D eigenvalue weighted by atomic mass is 16.5. The fourth-order valence-corrected chi connectivity index (χ4v) is 4.18. The number of hydrogen-bond donors (Lipinski definition) is 1. The topological polar surface area (TPSA) is 83.5 Å². The van der Waals surface area contributed by atoms with Gasteiger partial charge in [0.2, 0.25) is 5.95 Å². The van der Waals surface area contributed by atoms with Crippen molar-refractivity contribution in [3.63, 3.8) is 0 Å². The lowest BCUT2D eigenvalue weighted by Gasteiger charge is -2.35. The number of anilines is 3. The van der Waals surface area contributed by atoms with E-state index in [0.29, 0.717) is 29.6 Å². The molecule has 1 aliphatic heterocycles. The van der Waals surface area contributed by atoms with Gasteiger partial charge in [-0.25, -0.2) is 15.0 Å². The first kappa shape index (κ1) is 21.6. The molecule has 34 heavy (non-hydrogen) atoms. The number of rotatable bonds is 6. The molecule has 0 spiro atoms. The highest BCUT2D eigenvalue weighted by Crippen LogP contribution is 2.29. The molecule has 0 bridgehead atoms. The number of pyridine rings is 1. The van der Waals surface area contributed by atoms with Gasteiger partial charge in [0, 0.05) is 32.4 Å². The quantitative estimate of drug-likeness (QED) is 0.471. The maximum Gasteiger partial charge on any atom is 0.260 e. The number of amides is 1. The Morgan fingerprint density at radius 3 is 2.38 bits per heavy atom. The molecule has 1 aliphatic rings. The predicted octanol–water partition coefficient (Wildman–Crippen LogP) is 4.00. The Kier molecular flexibility index (Phi) is 6.20. The second-order valence-corrected chi connectivity index (χ2v) is 7.98. The zero-order valence-corrected chi connectivity index (χ0v) is 19.0. The first-order valence-electron chi connectivity index (χ1n) is 11.4. The van der Waals surface area contributed by atoms with Gasteiger partial charge in [-0.05, 0) is 35.9 Å². The smallest absolute Gasteiger partial charge is 0.260 e. The van der Waals surface area contributed by atoms with E-state index in [-0.39, 0.29) is 5.91 Å². The highest BCUT2D eigenvalue weighted by molar-refractivity contribution is 6.14. The summed E-state index contributed by atoms with van der Waals surface area (Å²) in [4.78, 5) is 31.0. The number of nitrogens with zero attached hydrogens (tertiary/aromatic N) is 5. The van der Waals surface area contributed by atoms with Crippen LogP contribution in [0.2, 0.25) is 0 Å². The van der Waals surface area contributed by atoms with E-state index in [0.717, 1.165) is 42.8 Å². The number of benzene rings is 2. The van der Waals surface area contributed by atoms with Gasteiger partial charge in [0.25, 0.3) is 5.91 Å². The highest BCUT2D eigenvalue weighted by Gasteiger charge is 2.21. The third-order valence-electron chi connectivity index (χ3n) is 5.85. The molecule has 3 heterocycles. The molecule has 1 amide bonds. The number of carbonyl (C=O) groups is 1. The van der Waals surface area contributed by atoms with Crippen molar-refractivity contribution in [1.82, 2.24) is 15.0 Å². The minimum absolute atomic E-state index is 0.249. The van der Waals surface area contributed by atoms with Crippen LogP contribution in [-0.4, -0.2) is 53.6 Å². The SMILES string of the molecule is CCOc1ccc2ccccc2c1C(=O)Nc1cnc(N2CCN(c3ccccn3)CC2)nc1. The van der Waals surface area contributed by atoms with Crippen molar-refractivity contribution in [2.24, 2.45) is 0 Å². The minimum Gasteiger partial charge on any atom is -0.493 e. The minimum atomic E-state index is -0.249. The Bertz CT molecular complexity index is 1270. The van der Waals surface area contributed by atoms with E-state index in [4.69, 9.17) is 4.74 Å². The first-order valence-corrected chi connectivity index (χ1v) is 11.4. The molecule has 1 saturated heterocycles. The number of piperazine rings is 1. The van der Waals surface area contributed by atoms with Crippen LogP contribution in [0.15, 0.2) is 73.2 Å². The summed E-state index contributed by atoms with van der Waals surface area (Å²) in [6.45, 7) is 5.68. The summed E-state index contributed by atoms with van der Waals surface area (Å²) < 4.78 is 5.74. The molecule has 1 fully saturated rings. The largest absolute Gasteiger partial charge is 0.493 e. The van der Waals surface area contributed by atoms with Gasteiger partial charge in [-0.2, -0.15) is 0 Å². The molecule has 8 heteroatoms. The number of fused-ring (bicyclic) bond motifs is 1. The Hall–Kier alpha value is -4.20. The number of nitrogens with one attached hydrogen (secondary N) is 1. The van der Waals surface area contributed by atoms with Crippen LogP contribution in [-0.2, 0) is 0 Å². The lowest BCUT2D eigenvalue weighted by Crippen LogP contribution is -2.47. The van der Waals surface area contributed by atoms with Gasteiger partial charge in [-0.3, -0.25) is 4.79 Å². The maximum absolute atomic E-state index is 13.2. The van der Waals surface area contributed by atoms with Gasteiger partial charge in [-0.1, -0.05) is 36.4 Å². The van der Waals surface area contributed by atoms with Crippen LogP contribution in [0.4, 0.5) is 17.5 Å². The molecule has 5 rings (SSSR count). The number of hydrogen-bond acceptors (Lipinski definition) is 7. The molecule has 4 aromatic rings. The lowest BCUT2D eigenvalue weighted by atomic mass is 10.0.